The predicted octanol–water partition coefficient (Wildman–Crippen LogP) is 3.92. The van der Waals surface area contributed by atoms with Crippen LogP contribution in [0.25, 0.3) is 10.9 Å². The van der Waals surface area contributed by atoms with Crippen molar-refractivity contribution < 1.29 is 14.4 Å². The van der Waals surface area contributed by atoms with E-state index in [-0.39, 0.29) is 5.69 Å². The summed E-state index contributed by atoms with van der Waals surface area (Å²) in [7, 11) is 0. The molecule has 2 heterocycles. The number of hydrogen-bond acceptors (Lipinski definition) is 6. The zero-order valence-electron chi connectivity index (χ0n) is 14.0. The SMILES string of the molecule is O=[N+]([O-])c1ccc(NCc2cccc3c2OCCCO3)c2ncccc12. The molecule has 0 radical (unpaired) electrons. The molecule has 26 heavy (non-hydrogen) atoms. The summed E-state index contributed by atoms with van der Waals surface area (Å²) in [4.78, 5) is 15.1. The van der Waals surface area contributed by atoms with Gasteiger partial charge in [-0.3, -0.25) is 15.1 Å². The van der Waals surface area contributed by atoms with Crippen molar-refractivity contribution in [3.8, 4) is 11.5 Å². The number of anilines is 1. The Hall–Kier alpha value is -3.35. The fourth-order valence-corrected chi connectivity index (χ4v) is 3.04. The Morgan fingerprint density at radius 2 is 2.00 bits per heavy atom. The van der Waals surface area contributed by atoms with E-state index in [2.05, 4.69) is 10.3 Å². The molecule has 7 heteroatoms. The van der Waals surface area contributed by atoms with Gasteiger partial charge in [0, 0.05) is 30.8 Å². The summed E-state index contributed by atoms with van der Waals surface area (Å²) >= 11 is 0. The minimum Gasteiger partial charge on any atom is -0.490 e. The summed E-state index contributed by atoms with van der Waals surface area (Å²) < 4.78 is 11.5. The van der Waals surface area contributed by atoms with Gasteiger partial charge >= 0.3 is 0 Å². The molecule has 1 N–H and O–H groups in total. The minimum atomic E-state index is -0.393. The molecule has 0 saturated heterocycles. The van der Waals surface area contributed by atoms with E-state index in [9.17, 15) is 10.1 Å². The van der Waals surface area contributed by atoms with Gasteiger partial charge in [-0.2, -0.15) is 0 Å². The summed E-state index contributed by atoms with van der Waals surface area (Å²) in [6.45, 7) is 1.75. The van der Waals surface area contributed by atoms with Gasteiger partial charge in [0.1, 0.15) is 5.52 Å². The maximum absolute atomic E-state index is 11.2. The molecule has 2 aromatic carbocycles. The number of nitrogens with zero attached hydrogens (tertiary/aromatic N) is 2. The van der Waals surface area contributed by atoms with Crippen molar-refractivity contribution in [3.63, 3.8) is 0 Å². The maximum Gasteiger partial charge on any atom is 0.278 e. The van der Waals surface area contributed by atoms with Crippen molar-refractivity contribution in [2.24, 2.45) is 0 Å². The molecule has 0 atom stereocenters. The van der Waals surface area contributed by atoms with Crippen LogP contribution in [-0.4, -0.2) is 23.1 Å². The van der Waals surface area contributed by atoms with E-state index in [4.69, 9.17) is 9.47 Å². The van der Waals surface area contributed by atoms with Crippen LogP contribution in [0.15, 0.2) is 48.7 Å². The second-order valence-electron chi connectivity index (χ2n) is 5.94. The van der Waals surface area contributed by atoms with Gasteiger partial charge in [0.05, 0.1) is 29.2 Å². The molecule has 0 aliphatic carbocycles. The second kappa shape index (κ2) is 6.87. The van der Waals surface area contributed by atoms with Crippen LogP contribution in [0.1, 0.15) is 12.0 Å². The van der Waals surface area contributed by atoms with Crippen molar-refractivity contribution in [1.82, 2.24) is 4.98 Å². The zero-order chi connectivity index (χ0) is 17.9. The molecule has 0 amide bonds. The number of non-ortho nitro benzene ring substituents is 1. The van der Waals surface area contributed by atoms with Crippen LogP contribution in [0.4, 0.5) is 11.4 Å². The maximum atomic E-state index is 11.2. The first-order valence-corrected chi connectivity index (χ1v) is 8.37. The Bertz CT molecular complexity index is 974. The summed E-state index contributed by atoms with van der Waals surface area (Å²) in [5.74, 6) is 1.49. The topological polar surface area (TPSA) is 86.5 Å². The van der Waals surface area contributed by atoms with Crippen LogP contribution in [-0.2, 0) is 6.54 Å². The Balaban J connectivity index is 1.65. The average molecular weight is 351 g/mol. The van der Waals surface area contributed by atoms with Gasteiger partial charge in [-0.25, -0.2) is 0 Å². The number of aromatic nitrogens is 1. The number of hydrogen-bond donors (Lipinski definition) is 1. The van der Waals surface area contributed by atoms with Crippen LogP contribution < -0.4 is 14.8 Å². The molecule has 3 aromatic rings. The molecule has 0 unspecified atom stereocenters. The van der Waals surface area contributed by atoms with E-state index >= 15 is 0 Å². The number of para-hydroxylation sites is 1. The van der Waals surface area contributed by atoms with Gasteiger partial charge in [0.25, 0.3) is 5.69 Å². The predicted molar refractivity (Wildman–Crippen MR) is 97.8 cm³/mol. The third-order valence-corrected chi connectivity index (χ3v) is 4.27. The Kier molecular flexibility index (Phi) is 4.27. The van der Waals surface area contributed by atoms with Gasteiger partial charge < -0.3 is 14.8 Å². The number of pyridine rings is 1. The summed E-state index contributed by atoms with van der Waals surface area (Å²) in [5.41, 5.74) is 2.31. The fraction of sp³-hybridized carbons (Fsp3) is 0.211. The molecule has 1 aromatic heterocycles. The summed E-state index contributed by atoms with van der Waals surface area (Å²) in [5, 5.41) is 15.1. The molecule has 4 rings (SSSR count). The highest BCUT2D eigenvalue weighted by Crippen LogP contribution is 2.35. The lowest BCUT2D eigenvalue weighted by Crippen LogP contribution is -2.04. The van der Waals surface area contributed by atoms with Crippen LogP contribution in [0.5, 0.6) is 11.5 Å². The van der Waals surface area contributed by atoms with E-state index in [1.54, 1.807) is 24.4 Å². The molecule has 0 fully saturated rings. The van der Waals surface area contributed by atoms with E-state index in [1.807, 2.05) is 18.2 Å². The van der Waals surface area contributed by atoms with E-state index in [1.165, 1.54) is 6.07 Å². The van der Waals surface area contributed by atoms with E-state index in [0.717, 1.165) is 29.2 Å². The first-order valence-electron chi connectivity index (χ1n) is 8.37. The van der Waals surface area contributed by atoms with Crippen LogP contribution in [0.3, 0.4) is 0 Å². The highest BCUT2D eigenvalue weighted by molar-refractivity contribution is 5.96. The summed E-state index contributed by atoms with van der Waals surface area (Å²) in [6, 6.07) is 12.4. The summed E-state index contributed by atoms with van der Waals surface area (Å²) in [6.07, 6.45) is 2.47. The van der Waals surface area contributed by atoms with Crippen molar-refractivity contribution >= 4 is 22.3 Å². The Morgan fingerprint density at radius 1 is 1.12 bits per heavy atom. The number of nitro groups is 1. The number of rotatable bonds is 4. The number of benzene rings is 2. The fourth-order valence-electron chi connectivity index (χ4n) is 3.04. The van der Waals surface area contributed by atoms with E-state index in [0.29, 0.717) is 30.7 Å². The lowest BCUT2D eigenvalue weighted by molar-refractivity contribution is -0.383. The standard InChI is InChI=1S/C19H17N3O4/c23-22(24)16-8-7-15(18-14(16)5-2-9-20-18)21-12-13-4-1-6-17-19(13)26-11-3-10-25-17/h1-2,4-9,21H,3,10-12H2. The van der Waals surface area contributed by atoms with Crippen molar-refractivity contribution in [3.05, 3.63) is 64.3 Å². The van der Waals surface area contributed by atoms with Gasteiger partial charge in [-0.15, -0.1) is 0 Å². The average Bonchev–Trinajstić information content (AvgIpc) is 2.91. The second-order valence-corrected chi connectivity index (χ2v) is 5.94. The first-order chi connectivity index (χ1) is 12.7. The highest BCUT2D eigenvalue weighted by Gasteiger charge is 2.17. The van der Waals surface area contributed by atoms with Crippen molar-refractivity contribution in [2.45, 2.75) is 13.0 Å². The van der Waals surface area contributed by atoms with Gasteiger partial charge in [0.15, 0.2) is 11.5 Å². The third-order valence-electron chi connectivity index (χ3n) is 4.27. The molecule has 1 aliphatic rings. The van der Waals surface area contributed by atoms with Crippen LogP contribution >= 0.6 is 0 Å². The number of nitrogens with one attached hydrogen (secondary N) is 1. The highest BCUT2D eigenvalue weighted by atomic mass is 16.6. The monoisotopic (exact) mass is 351 g/mol. The van der Waals surface area contributed by atoms with Gasteiger partial charge in [-0.1, -0.05) is 12.1 Å². The molecule has 0 saturated carbocycles. The first kappa shape index (κ1) is 16.1. The lowest BCUT2D eigenvalue weighted by atomic mass is 10.1. The number of nitro benzene ring substituents is 1. The van der Waals surface area contributed by atoms with Crippen molar-refractivity contribution in [1.29, 1.82) is 0 Å². The quantitative estimate of drug-likeness (QED) is 0.566. The smallest absolute Gasteiger partial charge is 0.278 e. The number of ether oxygens (including phenoxy) is 2. The molecule has 132 valence electrons. The lowest BCUT2D eigenvalue weighted by Gasteiger charge is -2.14. The Labute approximate surface area is 149 Å². The molecule has 1 aliphatic heterocycles. The largest absolute Gasteiger partial charge is 0.490 e. The molecular formula is C19H17N3O4. The van der Waals surface area contributed by atoms with Crippen LogP contribution in [0.2, 0.25) is 0 Å². The molecule has 0 bridgehead atoms. The molecule has 0 spiro atoms. The van der Waals surface area contributed by atoms with Gasteiger partial charge in [-0.05, 0) is 24.3 Å². The van der Waals surface area contributed by atoms with Crippen LogP contribution in [0, 0.1) is 10.1 Å². The van der Waals surface area contributed by atoms with Crippen molar-refractivity contribution in [2.75, 3.05) is 18.5 Å². The number of fused-ring (bicyclic) bond motifs is 2. The zero-order valence-corrected chi connectivity index (χ0v) is 14.0. The minimum absolute atomic E-state index is 0.0453. The normalized spacial score (nSPS) is 13.2. The molecule has 7 nitrogen and oxygen atoms in total. The van der Waals surface area contributed by atoms with E-state index < -0.39 is 4.92 Å². The van der Waals surface area contributed by atoms with Gasteiger partial charge in [0.2, 0.25) is 0 Å². The molecular weight excluding hydrogens is 334 g/mol. The third kappa shape index (κ3) is 2.99. The Morgan fingerprint density at radius 3 is 2.88 bits per heavy atom.